The SMILES string of the molecule is C[C@@H](c1ccccc1)N1CC1c1ccccc1. The lowest BCUT2D eigenvalue weighted by molar-refractivity contribution is 0.410. The average Bonchev–Trinajstić information content (AvgIpc) is 3.20. The van der Waals surface area contributed by atoms with Crippen molar-refractivity contribution in [3.05, 3.63) is 71.8 Å². The van der Waals surface area contributed by atoms with E-state index in [0.29, 0.717) is 12.1 Å². The summed E-state index contributed by atoms with van der Waals surface area (Å²) in [7, 11) is 0. The molecule has 0 saturated carbocycles. The summed E-state index contributed by atoms with van der Waals surface area (Å²) in [5.74, 6) is 0. The Labute approximate surface area is 103 Å². The van der Waals surface area contributed by atoms with Gasteiger partial charge in [0.05, 0.1) is 0 Å². The van der Waals surface area contributed by atoms with E-state index in [9.17, 15) is 0 Å². The third-order valence-corrected chi connectivity index (χ3v) is 3.61. The van der Waals surface area contributed by atoms with Crippen LogP contribution >= 0.6 is 0 Å². The third kappa shape index (κ3) is 2.11. The first-order valence-corrected chi connectivity index (χ1v) is 6.22. The van der Waals surface area contributed by atoms with Gasteiger partial charge in [0.25, 0.3) is 0 Å². The third-order valence-electron chi connectivity index (χ3n) is 3.61. The van der Waals surface area contributed by atoms with Crippen molar-refractivity contribution in [2.75, 3.05) is 6.54 Å². The minimum absolute atomic E-state index is 0.515. The molecule has 1 aliphatic heterocycles. The largest absolute Gasteiger partial charge is 0.286 e. The van der Waals surface area contributed by atoms with Crippen LogP contribution in [-0.4, -0.2) is 11.4 Å². The van der Waals surface area contributed by atoms with Crippen molar-refractivity contribution < 1.29 is 0 Å². The van der Waals surface area contributed by atoms with Crippen LogP contribution in [0.1, 0.15) is 30.1 Å². The van der Waals surface area contributed by atoms with Gasteiger partial charge in [0.1, 0.15) is 0 Å². The summed E-state index contributed by atoms with van der Waals surface area (Å²) in [5.41, 5.74) is 2.85. The molecule has 2 aromatic rings. The van der Waals surface area contributed by atoms with Gasteiger partial charge in [-0.15, -0.1) is 0 Å². The number of benzene rings is 2. The number of hydrogen-bond acceptors (Lipinski definition) is 1. The van der Waals surface area contributed by atoms with Gasteiger partial charge in [-0.3, -0.25) is 4.90 Å². The summed E-state index contributed by atoms with van der Waals surface area (Å²) in [5, 5.41) is 0. The van der Waals surface area contributed by atoms with Crippen molar-refractivity contribution in [2.24, 2.45) is 0 Å². The molecule has 0 spiro atoms. The van der Waals surface area contributed by atoms with Crippen LogP contribution in [0.5, 0.6) is 0 Å². The quantitative estimate of drug-likeness (QED) is 0.715. The molecule has 1 aliphatic rings. The molecule has 1 fully saturated rings. The molecular formula is C16H17N. The zero-order valence-corrected chi connectivity index (χ0v) is 10.1. The molecule has 17 heavy (non-hydrogen) atoms. The van der Waals surface area contributed by atoms with E-state index in [1.807, 2.05) is 0 Å². The lowest BCUT2D eigenvalue weighted by Gasteiger charge is -2.14. The van der Waals surface area contributed by atoms with E-state index in [0.717, 1.165) is 0 Å². The van der Waals surface area contributed by atoms with Crippen molar-refractivity contribution in [1.29, 1.82) is 0 Å². The summed E-state index contributed by atoms with van der Waals surface area (Å²) in [6, 6.07) is 22.6. The maximum atomic E-state index is 2.53. The van der Waals surface area contributed by atoms with Crippen molar-refractivity contribution in [1.82, 2.24) is 4.90 Å². The summed E-state index contributed by atoms with van der Waals surface area (Å²) >= 11 is 0. The Hall–Kier alpha value is -1.60. The molecule has 3 atom stereocenters. The smallest absolute Gasteiger partial charge is 0.0482 e. The van der Waals surface area contributed by atoms with Crippen molar-refractivity contribution in [3.8, 4) is 0 Å². The van der Waals surface area contributed by atoms with E-state index >= 15 is 0 Å². The van der Waals surface area contributed by atoms with Crippen LogP contribution < -0.4 is 0 Å². The van der Waals surface area contributed by atoms with Crippen LogP contribution in [0.2, 0.25) is 0 Å². The van der Waals surface area contributed by atoms with Gasteiger partial charge in [0.15, 0.2) is 0 Å². The van der Waals surface area contributed by atoms with E-state index in [4.69, 9.17) is 0 Å². The topological polar surface area (TPSA) is 3.01 Å². The van der Waals surface area contributed by atoms with Crippen LogP contribution in [0.4, 0.5) is 0 Å². The van der Waals surface area contributed by atoms with E-state index < -0.39 is 0 Å². The van der Waals surface area contributed by atoms with Gasteiger partial charge in [-0.25, -0.2) is 0 Å². The maximum absolute atomic E-state index is 2.53. The first-order valence-electron chi connectivity index (χ1n) is 6.22. The Morgan fingerprint density at radius 2 is 1.53 bits per heavy atom. The molecule has 0 radical (unpaired) electrons. The van der Waals surface area contributed by atoms with Crippen molar-refractivity contribution in [3.63, 3.8) is 0 Å². The molecule has 1 heteroatoms. The highest BCUT2D eigenvalue weighted by molar-refractivity contribution is 5.27. The summed E-state index contributed by atoms with van der Waals surface area (Å²) < 4.78 is 0. The monoisotopic (exact) mass is 223 g/mol. The molecule has 0 N–H and O–H groups in total. The highest BCUT2D eigenvalue weighted by Gasteiger charge is 2.38. The maximum Gasteiger partial charge on any atom is 0.0482 e. The molecule has 1 heterocycles. The van der Waals surface area contributed by atoms with E-state index in [2.05, 4.69) is 72.5 Å². The predicted octanol–water partition coefficient (Wildman–Crippen LogP) is 3.80. The standard InChI is InChI=1S/C16H17N/c1-13(14-8-4-2-5-9-14)17-12-16(17)15-10-6-3-7-11-15/h2-11,13,16H,12H2,1H3/t13-,16?,17?/m0/s1. The molecule has 1 nitrogen and oxygen atoms in total. The number of rotatable bonds is 3. The molecule has 0 amide bonds. The second kappa shape index (κ2) is 4.34. The first kappa shape index (κ1) is 10.5. The van der Waals surface area contributed by atoms with Gasteiger partial charge < -0.3 is 0 Å². The molecule has 86 valence electrons. The van der Waals surface area contributed by atoms with Crippen LogP contribution in [0, 0.1) is 0 Å². The normalized spacial score (nSPS) is 24.3. The molecule has 3 rings (SSSR count). The van der Waals surface area contributed by atoms with E-state index in [1.165, 1.54) is 17.7 Å². The first-order chi connectivity index (χ1) is 8.36. The lowest BCUT2D eigenvalue weighted by atomic mass is 10.1. The van der Waals surface area contributed by atoms with Gasteiger partial charge >= 0.3 is 0 Å². The molecule has 2 unspecified atom stereocenters. The van der Waals surface area contributed by atoms with Crippen molar-refractivity contribution >= 4 is 0 Å². The molecular weight excluding hydrogens is 206 g/mol. The van der Waals surface area contributed by atoms with E-state index in [-0.39, 0.29) is 0 Å². The minimum atomic E-state index is 0.515. The van der Waals surface area contributed by atoms with Crippen LogP contribution in [-0.2, 0) is 0 Å². The van der Waals surface area contributed by atoms with Crippen molar-refractivity contribution in [2.45, 2.75) is 19.0 Å². The molecule has 0 bridgehead atoms. The average molecular weight is 223 g/mol. The highest BCUT2D eigenvalue weighted by atomic mass is 15.3. The Morgan fingerprint density at radius 3 is 2.18 bits per heavy atom. The Morgan fingerprint density at radius 1 is 0.941 bits per heavy atom. The fraction of sp³-hybridized carbons (Fsp3) is 0.250. The Kier molecular flexibility index (Phi) is 2.69. The van der Waals surface area contributed by atoms with E-state index in [1.54, 1.807) is 0 Å². The fourth-order valence-electron chi connectivity index (χ4n) is 2.48. The van der Waals surface area contributed by atoms with Gasteiger partial charge in [-0.2, -0.15) is 0 Å². The number of nitrogens with zero attached hydrogens (tertiary/aromatic N) is 1. The predicted molar refractivity (Wildman–Crippen MR) is 70.7 cm³/mol. The number of hydrogen-bond donors (Lipinski definition) is 0. The highest BCUT2D eigenvalue weighted by Crippen LogP contribution is 2.42. The zero-order valence-electron chi connectivity index (χ0n) is 10.1. The van der Waals surface area contributed by atoms with Crippen LogP contribution in [0.25, 0.3) is 0 Å². The second-order valence-electron chi connectivity index (χ2n) is 4.71. The summed E-state index contributed by atoms with van der Waals surface area (Å²) in [6.45, 7) is 3.47. The fourth-order valence-corrected chi connectivity index (χ4v) is 2.48. The molecule has 0 aromatic heterocycles. The zero-order chi connectivity index (χ0) is 11.7. The minimum Gasteiger partial charge on any atom is -0.286 e. The molecule has 1 saturated heterocycles. The van der Waals surface area contributed by atoms with Crippen LogP contribution in [0.3, 0.4) is 0 Å². The lowest BCUT2D eigenvalue weighted by Crippen LogP contribution is -2.05. The van der Waals surface area contributed by atoms with Gasteiger partial charge in [0, 0.05) is 18.6 Å². The van der Waals surface area contributed by atoms with Gasteiger partial charge in [0.2, 0.25) is 0 Å². The Bertz CT molecular complexity index is 477. The summed E-state index contributed by atoms with van der Waals surface area (Å²) in [4.78, 5) is 2.53. The molecule has 0 aliphatic carbocycles. The van der Waals surface area contributed by atoms with Crippen LogP contribution in [0.15, 0.2) is 60.7 Å². The second-order valence-corrected chi connectivity index (χ2v) is 4.71. The summed E-state index contributed by atoms with van der Waals surface area (Å²) in [6.07, 6.45) is 0. The van der Waals surface area contributed by atoms with Gasteiger partial charge in [-0.05, 0) is 18.1 Å². The molecule has 2 aromatic carbocycles. The van der Waals surface area contributed by atoms with Gasteiger partial charge in [-0.1, -0.05) is 60.7 Å². The Balaban J connectivity index is 1.73.